The monoisotopic (exact) mass is 255 g/mol. The van der Waals surface area contributed by atoms with Crippen LogP contribution in [-0.4, -0.2) is 29.6 Å². The number of carbonyl (C=O) groups is 1. The van der Waals surface area contributed by atoms with Crippen LogP contribution in [0.3, 0.4) is 0 Å². The molecule has 0 amide bonds. The summed E-state index contributed by atoms with van der Waals surface area (Å²) < 4.78 is 0. The first-order chi connectivity index (χ1) is 7.81. The minimum Gasteiger partial charge on any atom is -0.481 e. The minimum atomic E-state index is -0.782. The van der Waals surface area contributed by atoms with Crippen LogP contribution in [0.2, 0.25) is 5.02 Å². The molecule has 0 unspecified atom stereocenters. The van der Waals surface area contributed by atoms with E-state index in [0.717, 1.165) is 5.56 Å². The number of halogens is 1. The molecule has 0 fully saturated rings. The Bertz CT molecular complexity index is 404. The van der Waals surface area contributed by atoms with Crippen molar-refractivity contribution in [3.05, 3.63) is 34.9 Å². The van der Waals surface area contributed by atoms with Crippen molar-refractivity contribution >= 4 is 17.6 Å². The molecule has 1 rings (SSSR count). The van der Waals surface area contributed by atoms with E-state index >= 15 is 0 Å². The van der Waals surface area contributed by atoms with Gasteiger partial charge in [0, 0.05) is 18.1 Å². The van der Waals surface area contributed by atoms with Gasteiger partial charge < -0.3 is 10.0 Å². The summed E-state index contributed by atoms with van der Waals surface area (Å²) in [5, 5.41) is 9.75. The van der Waals surface area contributed by atoms with Crippen molar-refractivity contribution in [2.24, 2.45) is 5.41 Å². The largest absolute Gasteiger partial charge is 0.481 e. The van der Waals surface area contributed by atoms with Crippen molar-refractivity contribution in [1.82, 2.24) is 4.90 Å². The number of carboxylic acids is 1. The third kappa shape index (κ3) is 4.36. The molecule has 0 radical (unpaired) electrons. The summed E-state index contributed by atoms with van der Waals surface area (Å²) in [4.78, 5) is 13.0. The van der Waals surface area contributed by atoms with Gasteiger partial charge in [0.1, 0.15) is 0 Å². The lowest BCUT2D eigenvalue weighted by atomic mass is 9.93. The van der Waals surface area contributed by atoms with Gasteiger partial charge >= 0.3 is 5.97 Å². The van der Waals surface area contributed by atoms with Gasteiger partial charge in [0.05, 0.1) is 5.41 Å². The fourth-order valence-corrected chi connectivity index (χ4v) is 1.96. The predicted octanol–water partition coefficient (Wildman–Crippen LogP) is 2.88. The number of nitrogens with zero attached hydrogens (tertiary/aromatic N) is 1. The second-order valence-corrected chi connectivity index (χ2v) is 5.43. The molecule has 0 heterocycles. The quantitative estimate of drug-likeness (QED) is 0.880. The molecule has 0 aliphatic heterocycles. The highest BCUT2D eigenvalue weighted by atomic mass is 35.5. The van der Waals surface area contributed by atoms with E-state index in [4.69, 9.17) is 16.7 Å². The Morgan fingerprint density at radius 3 is 2.65 bits per heavy atom. The normalized spacial score (nSPS) is 11.8. The van der Waals surface area contributed by atoms with Gasteiger partial charge in [-0.25, -0.2) is 0 Å². The van der Waals surface area contributed by atoms with Gasteiger partial charge in [-0.2, -0.15) is 0 Å². The molecule has 0 bridgehead atoms. The van der Waals surface area contributed by atoms with Crippen molar-refractivity contribution < 1.29 is 9.90 Å². The molecule has 0 saturated heterocycles. The van der Waals surface area contributed by atoms with Crippen LogP contribution in [0.15, 0.2) is 24.3 Å². The maximum Gasteiger partial charge on any atom is 0.310 e. The molecule has 94 valence electrons. The molecule has 0 saturated carbocycles. The number of hydrogen-bond acceptors (Lipinski definition) is 2. The molecule has 1 aromatic rings. The highest BCUT2D eigenvalue weighted by molar-refractivity contribution is 6.30. The van der Waals surface area contributed by atoms with Gasteiger partial charge in [0.15, 0.2) is 0 Å². The molecule has 0 aromatic heterocycles. The zero-order valence-corrected chi connectivity index (χ0v) is 11.2. The van der Waals surface area contributed by atoms with Gasteiger partial charge in [-0.05, 0) is 38.6 Å². The molecular formula is C13H18ClNO2. The fourth-order valence-electron chi connectivity index (χ4n) is 1.75. The van der Waals surface area contributed by atoms with Crippen molar-refractivity contribution in [3.8, 4) is 0 Å². The molecule has 1 N–H and O–H groups in total. The highest BCUT2D eigenvalue weighted by Crippen LogP contribution is 2.18. The third-order valence-electron chi connectivity index (χ3n) is 2.59. The van der Waals surface area contributed by atoms with Crippen molar-refractivity contribution in [1.29, 1.82) is 0 Å². The van der Waals surface area contributed by atoms with Crippen molar-refractivity contribution in [3.63, 3.8) is 0 Å². The van der Waals surface area contributed by atoms with E-state index in [1.54, 1.807) is 13.8 Å². The second-order valence-electron chi connectivity index (χ2n) is 4.99. The van der Waals surface area contributed by atoms with Crippen LogP contribution in [0.25, 0.3) is 0 Å². The zero-order chi connectivity index (χ0) is 13.1. The first-order valence-corrected chi connectivity index (χ1v) is 5.85. The van der Waals surface area contributed by atoms with Crippen LogP contribution in [0.4, 0.5) is 0 Å². The number of hydrogen-bond donors (Lipinski definition) is 1. The Morgan fingerprint density at radius 2 is 2.12 bits per heavy atom. The summed E-state index contributed by atoms with van der Waals surface area (Å²) in [6.07, 6.45) is 0. The first kappa shape index (κ1) is 14.0. The van der Waals surface area contributed by atoms with Gasteiger partial charge in [0.25, 0.3) is 0 Å². The van der Waals surface area contributed by atoms with E-state index in [-0.39, 0.29) is 0 Å². The molecule has 0 spiro atoms. The summed E-state index contributed by atoms with van der Waals surface area (Å²) in [6, 6.07) is 7.60. The minimum absolute atomic E-state index is 0.495. The summed E-state index contributed by atoms with van der Waals surface area (Å²) in [6.45, 7) is 4.64. The van der Waals surface area contributed by atoms with Gasteiger partial charge in [-0.1, -0.05) is 23.7 Å². The average molecular weight is 256 g/mol. The average Bonchev–Trinajstić information content (AvgIpc) is 2.15. The highest BCUT2D eigenvalue weighted by Gasteiger charge is 2.28. The maximum atomic E-state index is 11.0. The fraction of sp³-hybridized carbons (Fsp3) is 0.462. The molecule has 0 atom stereocenters. The number of aliphatic carboxylic acids is 1. The number of benzene rings is 1. The molecule has 0 aliphatic rings. The molecule has 1 aromatic carbocycles. The van der Waals surface area contributed by atoms with E-state index in [9.17, 15) is 4.79 Å². The van der Waals surface area contributed by atoms with Gasteiger partial charge in [0.2, 0.25) is 0 Å². The Labute approximate surface area is 107 Å². The lowest BCUT2D eigenvalue weighted by molar-refractivity contribution is -0.147. The SMILES string of the molecule is CN(Cc1cccc(Cl)c1)CC(C)(C)C(=O)O. The summed E-state index contributed by atoms with van der Waals surface area (Å²) in [7, 11) is 1.91. The van der Waals surface area contributed by atoms with E-state index in [1.807, 2.05) is 36.2 Å². The molecule has 0 aliphatic carbocycles. The lowest BCUT2D eigenvalue weighted by Crippen LogP contribution is -2.36. The lowest BCUT2D eigenvalue weighted by Gasteiger charge is -2.26. The van der Waals surface area contributed by atoms with E-state index in [0.29, 0.717) is 18.1 Å². The van der Waals surface area contributed by atoms with Crippen LogP contribution < -0.4 is 0 Å². The Morgan fingerprint density at radius 1 is 1.47 bits per heavy atom. The van der Waals surface area contributed by atoms with Crippen molar-refractivity contribution in [2.75, 3.05) is 13.6 Å². The number of rotatable bonds is 5. The van der Waals surface area contributed by atoms with E-state index in [1.165, 1.54) is 0 Å². The van der Waals surface area contributed by atoms with Crippen LogP contribution >= 0.6 is 11.6 Å². The topological polar surface area (TPSA) is 40.5 Å². The van der Waals surface area contributed by atoms with Crippen LogP contribution in [0, 0.1) is 5.41 Å². The molecular weight excluding hydrogens is 238 g/mol. The summed E-state index contributed by atoms with van der Waals surface area (Å²) >= 11 is 5.90. The standard InChI is InChI=1S/C13H18ClNO2/c1-13(2,12(16)17)9-15(3)8-10-5-4-6-11(14)7-10/h4-7H,8-9H2,1-3H3,(H,16,17). The van der Waals surface area contributed by atoms with Crippen LogP contribution in [-0.2, 0) is 11.3 Å². The smallest absolute Gasteiger partial charge is 0.310 e. The summed E-state index contributed by atoms with van der Waals surface area (Å²) in [5.41, 5.74) is 0.342. The van der Waals surface area contributed by atoms with Crippen LogP contribution in [0.1, 0.15) is 19.4 Å². The van der Waals surface area contributed by atoms with E-state index in [2.05, 4.69) is 0 Å². The molecule has 17 heavy (non-hydrogen) atoms. The Kier molecular flexibility index (Phi) is 4.54. The van der Waals surface area contributed by atoms with Crippen molar-refractivity contribution in [2.45, 2.75) is 20.4 Å². The maximum absolute atomic E-state index is 11.0. The van der Waals surface area contributed by atoms with Gasteiger partial charge in [-0.3, -0.25) is 4.79 Å². The zero-order valence-electron chi connectivity index (χ0n) is 10.4. The first-order valence-electron chi connectivity index (χ1n) is 5.47. The Balaban J connectivity index is 2.61. The van der Waals surface area contributed by atoms with Gasteiger partial charge in [-0.15, -0.1) is 0 Å². The number of carboxylic acid groups (broad SMARTS) is 1. The molecule has 4 heteroatoms. The third-order valence-corrected chi connectivity index (χ3v) is 2.82. The van der Waals surface area contributed by atoms with Crippen LogP contribution in [0.5, 0.6) is 0 Å². The predicted molar refractivity (Wildman–Crippen MR) is 69.2 cm³/mol. The van der Waals surface area contributed by atoms with E-state index < -0.39 is 11.4 Å². The molecule has 3 nitrogen and oxygen atoms in total. The second kappa shape index (κ2) is 5.52. The summed E-state index contributed by atoms with van der Waals surface area (Å²) in [5.74, 6) is -0.782. The Hall–Kier alpha value is -1.06.